The maximum atomic E-state index is 5.73. The Morgan fingerprint density at radius 3 is 2.52 bits per heavy atom. The average Bonchev–Trinajstić information content (AvgIpc) is 2.91. The van der Waals surface area contributed by atoms with Crippen molar-refractivity contribution >= 4 is 11.8 Å². The van der Waals surface area contributed by atoms with Gasteiger partial charge in [-0.25, -0.2) is 9.67 Å². The van der Waals surface area contributed by atoms with Gasteiger partial charge in [0.25, 0.3) is 0 Å². The molecule has 0 aliphatic heterocycles. The van der Waals surface area contributed by atoms with E-state index in [-0.39, 0.29) is 5.95 Å². The fraction of sp³-hybridized carbons (Fsp3) is 0.235. The minimum atomic E-state index is 0.285. The van der Waals surface area contributed by atoms with Crippen LogP contribution in [0.3, 0.4) is 0 Å². The number of nitrogens with one attached hydrogen (secondary N) is 1. The van der Waals surface area contributed by atoms with Crippen molar-refractivity contribution in [3.63, 3.8) is 0 Å². The van der Waals surface area contributed by atoms with E-state index in [1.807, 2.05) is 62.0 Å². The number of rotatable bonds is 4. The molecule has 23 heavy (non-hydrogen) atoms. The Bertz CT molecular complexity index is 823. The summed E-state index contributed by atoms with van der Waals surface area (Å²) in [5, 5.41) is 7.90. The van der Waals surface area contributed by atoms with Gasteiger partial charge in [0.2, 0.25) is 5.95 Å². The number of hydrogen-bond acceptors (Lipinski definition) is 5. The molecule has 0 atom stereocenters. The first kappa shape index (κ1) is 15.0. The lowest BCUT2D eigenvalue weighted by molar-refractivity contribution is 0.863. The van der Waals surface area contributed by atoms with E-state index in [1.165, 1.54) is 0 Å². The van der Waals surface area contributed by atoms with E-state index in [4.69, 9.17) is 5.73 Å². The molecule has 2 heterocycles. The lowest BCUT2D eigenvalue weighted by Crippen LogP contribution is -2.08. The normalized spacial score (nSPS) is 10.7. The van der Waals surface area contributed by atoms with Crippen molar-refractivity contribution in [2.75, 3.05) is 11.1 Å². The molecule has 0 saturated carbocycles. The molecular formula is C17H20N6. The van der Waals surface area contributed by atoms with Crippen LogP contribution in [0.5, 0.6) is 0 Å². The number of nitrogens with two attached hydrogens (primary N) is 1. The van der Waals surface area contributed by atoms with Gasteiger partial charge in [0.1, 0.15) is 5.82 Å². The second-order valence-corrected chi connectivity index (χ2v) is 5.51. The van der Waals surface area contributed by atoms with Gasteiger partial charge in [-0.05, 0) is 32.9 Å². The quantitative estimate of drug-likeness (QED) is 0.774. The molecule has 1 aromatic carbocycles. The van der Waals surface area contributed by atoms with Crippen molar-refractivity contribution in [3.8, 4) is 5.69 Å². The zero-order chi connectivity index (χ0) is 16.4. The minimum Gasteiger partial charge on any atom is -0.368 e. The van der Waals surface area contributed by atoms with Crippen molar-refractivity contribution in [2.45, 2.75) is 27.3 Å². The highest BCUT2D eigenvalue weighted by molar-refractivity contribution is 5.49. The highest BCUT2D eigenvalue weighted by Gasteiger charge is 2.09. The van der Waals surface area contributed by atoms with Gasteiger partial charge in [-0.2, -0.15) is 10.1 Å². The smallest absolute Gasteiger partial charge is 0.222 e. The van der Waals surface area contributed by atoms with Gasteiger partial charge >= 0.3 is 0 Å². The van der Waals surface area contributed by atoms with Crippen molar-refractivity contribution in [3.05, 3.63) is 59.0 Å². The molecule has 0 aliphatic rings. The van der Waals surface area contributed by atoms with E-state index >= 15 is 0 Å². The molecule has 6 heteroatoms. The van der Waals surface area contributed by atoms with Gasteiger partial charge in [0, 0.05) is 29.6 Å². The van der Waals surface area contributed by atoms with E-state index in [0.717, 1.165) is 34.0 Å². The molecule has 3 aromatic rings. The molecular weight excluding hydrogens is 288 g/mol. The topological polar surface area (TPSA) is 81.7 Å². The van der Waals surface area contributed by atoms with Crippen molar-refractivity contribution in [2.24, 2.45) is 0 Å². The predicted molar refractivity (Wildman–Crippen MR) is 91.5 cm³/mol. The number of aromatic nitrogens is 4. The Hall–Kier alpha value is -2.89. The van der Waals surface area contributed by atoms with Gasteiger partial charge in [-0.1, -0.05) is 18.2 Å². The molecule has 6 nitrogen and oxygen atoms in total. The molecule has 3 N–H and O–H groups in total. The molecule has 2 aromatic heterocycles. The van der Waals surface area contributed by atoms with Crippen LogP contribution in [0.25, 0.3) is 5.69 Å². The fourth-order valence-electron chi connectivity index (χ4n) is 2.38. The summed E-state index contributed by atoms with van der Waals surface area (Å²) in [5.74, 6) is 1.05. The van der Waals surface area contributed by atoms with Crippen molar-refractivity contribution in [1.82, 2.24) is 19.7 Å². The van der Waals surface area contributed by atoms with Crippen LogP contribution in [-0.2, 0) is 6.54 Å². The first-order valence-corrected chi connectivity index (χ1v) is 7.49. The van der Waals surface area contributed by atoms with Crippen LogP contribution in [0.2, 0.25) is 0 Å². The van der Waals surface area contributed by atoms with E-state index in [1.54, 1.807) is 0 Å². The van der Waals surface area contributed by atoms with Gasteiger partial charge in [-0.15, -0.1) is 0 Å². The molecule has 0 unspecified atom stereocenters. The summed E-state index contributed by atoms with van der Waals surface area (Å²) in [6.07, 6.45) is 2.03. The number of hydrogen-bond donors (Lipinski definition) is 2. The fourth-order valence-corrected chi connectivity index (χ4v) is 2.38. The molecule has 0 bridgehead atoms. The summed E-state index contributed by atoms with van der Waals surface area (Å²) in [4.78, 5) is 8.43. The number of aryl methyl sites for hydroxylation is 2. The molecule has 0 aliphatic carbocycles. The van der Waals surface area contributed by atoms with Crippen LogP contribution >= 0.6 is 0 Å². The highest BCUT2D eigenvalue weighted by atomic mass is 15.3. The van der Waals surface area contributed by atoms with Crippen LogP contribution in [-0.4, -0.2) is 19.7 Å². The monoisotopic (exact) mass is 308 g/mol. The zero-order valence-electron chi connectivity index (χ0n) is 13.5. The van der Waals surface area contributed by atoms with Crippen LogP contribution in [0.15, 0.2) is 36.5 Å². The lowest BCUT2D eigenvalue weighted by atomic mass is 10.2. The molecule has 3 rings (SSSR count). The van der Waals surface area contributed by atoms with E-state index < -0.39 is 0 Å². The van der Waals surface area contributed by atoms with E-state index in [9.17, 15) is 0 Å². The Morgan fingerprint density at radius 1 is 1.04 bits per heavy atom. The van der Waals surface area contributed by atoms with Crippen LogP contribution in [0.1, 0.15) is 22.5 Å². The maximum absolute atomic E-state index is 5.73. The molecule has 0 spiro atoms. The Balaban J connectivity index is 1.81. The standard InChI is InChI=1S/C17H20N6/c1-11-12(2)20-17(18)21-16(11)19-9-14-10-23(22-13(14)3)15-7-5-4-6-8-15/h4-8,10H,9H2,1-3H3,(H3,18,19,20,21). The highest BCUT2D eigenvalue weighted by Crippen LogP contribution is 2.18. The van der Waals surface area contributed by atoms with Crippen molar-refractivity contribution < 1.29 is 0 Å². The SMILES string of the molecule is Cc1nn(-c2ccccc2)cc1CNc1nc(N)nc(C)c1C. The van der Waals surface area contributed by atoms with Crippen LogP contribution in [0, 0.1) is 20.8 Å². The summed E-state index contributed by atoms with van der Waals surface area (Å²) in [5.41, 5.74) is 10.8. The molecule has 0 fully saturated rings. The average molecular weight is 308 g/mol. The van der Waals surface area contributed by atoms with Gasteiger partial charge in [-0.3, -0.25) is 0 Å². The number of anilines is 2. The number of nitrogens with zero attached hydrogens (tertiary/aromatic N) is 4. The summed E-state index contributed by atoms with van der Waals surface area (Å²) in [6, 6.07) is 10.1. The summed E-state index contributed by atoms with van der Waals surface area (Å²) in [7, 11) is 0. The molecule has 0 radical (unpaired) electrons. The third-order valence-electron chi connectivity index (χ3n) is 3.87. The van der Waals surface area contributed by atoms with Gasteiger partial charge < -0.3 is 11.1 Å². The van der Waals surface area contributed by atoms with Crippen LogP contribution in [0.4, 0.5) is 11.8 Å². The summed E-state index contributed by atoms with van der Waals surface area (Å²) < 4.78 is 1.89. The second-order valence-electron chi connectivity index (χ2n) is 5.51. The van der Waals surface area contributed by atoms with Crippen LogP contribution < -0.4 is 11.1 Å². The van der Waals surface area contributed by atoms with E-state index in [0.29, 0.717) is 6.54 Å². The third kappa shape index (κ3) is 3.15. The number of nitrogen functional groups attached to an aromatic ring is 1. The molecule has 118 valence electrons. The Morgan fingerprint density at radius 2 is 1.78 bits per heavy atom. The first-order valence-electron chi connectivity index (χ1n) is 7.49. The molecule has 0 amide bonds. The summed E-state index contributed by atoms with van der Waals surface area (Å²) >= 11 is 0. The Labute approximate surface area is 135 Å². The largest absolute Gasteiger partial charge is 0.368 e. The zero-order valence-corrected chi connectivity index (χ0v) is 13.5. The van der Waals surface area contributed by atoms with Gasteiger partial charge in [0.05, 0.1) is 11.4 Å². The number of para-hydroxylation sites is 1. The third-order valence-corrected chi connectivity index (χ3v) is 3.87. The maximum Gasteiger partial charge on any atom is 0.222 e. The van der Waals surface area contributed by atoms with Crippen molar-refractivity contribution in [1.29, 1.82) is 0 Å². The number of benzene rings is 1. The lowest BCUT2D eigenvalue weighted by Gasteiger charge is -2.10. The van der Waals surface area contributed by atoms with E-state index in [2.05, 4.69) is 20.4 Å². The molecule has 0 saturated heterocycles. The predicted octanol–water partition coefficient (Wildman–Crippen LogP) is 2.78. The van der Waals surface area contributed by atoms with Gasteiger partial charge in [0.15, 0.2) is 0 Å². The minimum absolute atomic E-state index is 0.285. The first-order chi connectivity index (χ1) is 11.0. The Kier molecular flexibility index (Phi) is 3.97. The summed E-state index contributed by atoms with van der Waals surface area (Å²) in [6.45, 7) is 6.55. The second kappa shape index (κ2) is 6.08.